The van der Waals surface area contributed by atoms with E-state index in [0.29, 0.717) is 18.0 Å². The highest BCUT2D eigenvalue weighted by Gasteiger charge is 2.40. The number of carbonyl (C=O) groups is 2. The molecule has 0 aromatic heterocycles. The van der Waals surface area contributed by atoms with Gasteiger partial charge in [0.25, 0.3) is 0 Å². The summed E-state index contributed by atoms with van der Waals surface area (Å²) >= 11 is 0. The Morgan fingerprint density at radius 3 is 2.72 bits per heavy atom. The molecule has 1 aromatic rings. The third-order valence-electron chi connectivity index (χ3n) is 2.98. The summed E-state index contributed by atoms with van der Waals surface area (Å²) in [5, 5.41) is 2.71. The first-order chi connectivity index (χ1) is 8.45. The van der Waals surface area contributed by atoms with Crippen molar-refractivity contribution >= 4 is 17.6 Å². The lowest BCUT2D eigenvalue weighted by molar-refractivity contribution is -0.126. The average molecular weight is 248 g/mol. The molecule has 5 heteroatoms. The smallest absolute Gasteiger partial charge is 0.328 e. The molecule has 1 aromatic carbocycles. The molecule has 0 atom stereocenters. The molecule has 1 heterocycles. The second-order valence-electron chi connectivity index (χ2n) is 4.88. The van der Waals surface area contributed by atoms with Crippen LogP contribution in [0.2, 0.25) is 0 Å². The average Bonchev–Trinajstić information content (AvgIpc) is 2.35. The lowest BCUT2D eigenvalue weighted by Crippen LogP contribution is -2.59. The van der Waals surface area contributed by atoms with E-state index in [2.05, 4.69) is 5.32 Å². The van der Waals surface area contributed by atoms with Crippen LogP contribution in [-0.2, 0) is 4.79 Å². The molecule has 0 saturated carbocycles. The molecular formula is C13H16N2O3. The maximum absolute atomic E-state index is 12.3. The van der Waals surface area contributed by atoms with Gasteiger partial charge in [-0.15, -0.1) is 0 Å². The molecule has 18 heavy (non-hydrogen) atoms. The fourth-order valence-electron chi connectivity index (χ4n) is 1.83. The van der Waals surface area contributed by atoms with Crippen molar-refractivity contribution in [3.63, 3.8) is 0 Å². The third-order valence-corrected chi connectivity index (χ3v) is 2.98. The van der Waals surface area contributed by atoms with Gasteiger partial charge in [-0.25, -0.2) is 9.69 Å². The van der Waals surface area contributed by atoms with Crippen LogP contribution in [0, 0.1) is 5.41 Å². The van der Waals surface area contributed by atoms with Crippen molar-refractivity contribution in [2.75, 3.05) is 18.6 Å². The van der Waals surface area contributed by atoms with Crippen LogP contribution in [-0.4, -0.2) is 25.6 Å². The predicted molar refractivity (Wildman–Crippen MR) is 67.7 cm³/mol. The number of carbonyl (C=O) groups excluding carboxylic acids is 2. The number of ether oxygens (including phenoxy) is 1. The minimum atomic E-state index is -0.600. The molecule has 1 fully saturated rings. The minimum Gasteiger partial charge on any atom is -0.497 e. The highest BCUT2D eigenvalue weighted by Crippen LogP contribution is 2.28. The van der Waals surface area contributed by atoms with Crippen molar-refractivity contribution in [1.29, 1.82) is 0 Å². The zero-order valence-corrected chi connectivity index (χ0v) is 10.7. The van der Waals surface area contributed by atoms with Gasteiger partial charge in [-0.1, -0.05) is 6.07 Å². The Labute approximate surface area is 106 Å². The Morgan fingerprint density at radius 1 is 1.33 bits per heavy atom. The van der Waals surface area contributed by atoms with E-state index in [-0.39, 0.29) is 5.91 Å². The quantitative estimate of drug-likeness (QED) is 0.867. The molecule has 5 nitrogen and oxygen atoms in total. The minimum absolute atomic E-state index is 0.209. The Balaban J connectivity index is 2.40. The van der Waals surface area contributed by atoms with Gasteiger partial charge in [-0.3, -0.25) is 4.79 Å². The molecule has 1 aliphatic heterocycles. The van der Waals surface area contributed by atoms with Crippen molar-refractivity contribution < 1.29 is 14.3 Å². The maximum atomic E-state index is 12.3. The van der Waals surface area contributed by atoms with E-state index in [9.17, 15) is 9.59 Å². The van der Waals surface area contributed by atoms with Crippen LogP contribution in [0.25, 0.3) is 0 Å². The summed E-state index contributed by atoms with van der Waals surface area (Å²) in [6.07, 6.45) is 0. The number of methoxy groups -OCH3 is 1. The number of anilines is 1. The van der Waals surface area contributed by atoms with Gasteiger partial charge in [0.1, 0.15) is 5.75 Å². The first kappa shape index (κ1) is 12.4. The zero-order valence-electron chi connectivity index (χ0n) is 10.7. The number of nitrogens with zero attached hydrogens (tertiary/aromatic N) is 1. The van der Waals surface area contributed by atoms with Gasteiger partial charge in [-0.05, 0) is 26.0 Å². The van der Waals surface area contributed by atoms with E-state index in [0.717, 1.165) is 4.90 Å². The van der Waals surface area contributed by atoms with Gasteiger partial charge >= 0.3 is 6.03 Å². The number of rotatable bonds is 2. The summed E-state index contributed by atoms with van der Waals surface area (Å²) in [7, 11) is 1.54. The fourth-order valence-corrected chi connectivity index (χ4v) is 1.83. The normalized spacial score (nSPS) is 18.5. The zero-order chi connectivity index (χ0) is 13.3. The summed E-state index contributed by atoms with van der Waals surface area (Å²) in [5.74, 6) is 0.399. The standard InChI is InChI=1S/C13H16N2O3/c1-13(2)8-14-12(17)15(11(13)16)9-5-4-6-10(7-9)18-3/h4-7H,8H2,1-3H3,(H,14,17). The predicted octanol–water partition coefficient (Wildman–Crippen LogP) is 1.78. The van der Waals surface area contributed by atoms with Gasteiger partial charge in [0.05, 0.1) is 18.2 Å². The second kappa shape index (κ2) is 4.33. The number of nitrogens with one attached hydrogen (secondary N) is 1. The molecule has 1 saturated heterocycles. The molecule has 0 spiro atoms. The molecule has 0 unspecified atom stereocenters. The van der Waals surface area contributed by atoms with Gasteiger partial charge in [0, 0.05) is 12.6 Å². The van der Waals surface area contributed by atoms with Crippen molar-refractivity contribution in [3.05, 3.63) is 24.3 Å². The van der Waals surface area contributed by atoms with E-state index in [1.807, 2.05) is 13.8 Å². The van der Waals surface area contributed by atoms with Crippen molar-refractivity contribution in [3.8, 4) is 5.75 Å². The summed E-state index contributed by atoms with van der Waals surface area (Å²) in [6.45, 7) is 3.97. The van der Waals surface area contributed by atoms with E-state index in [1.54, 1.807) is 31.4 Å². The van der Waals surface area contributed by atoms with Crippen molar-refractivity contribution in [2.24, 2.45) is 5.41 Å². The number of hydrogen-bond acceptors (Lipinski definition) is 3. The third kappa shape index (κ3) is 2.03. The van der Waals surface area contributed by atoms with Crippen LogP contribution in [0.3, 0.4) is 0 Å². The number of amides is 3. The highest BCUT2D eigenvalue weighted by molar-refractivity contribution is 6.17. The number of imide groups is 1. The number of hydrogen-bond donors (Lipinski definition) is 1. The van der Waals surface area contributed by atoms with E-state index in [4.69, 9.17) is 4.74 Å². The Kier molecular flexibility index (Phi) is 2.98. The van der Waals surface area contributed by atoms with Crippen molar-refractivity contribution in [1.82, 2.24) is 5.32 Å². The van der Waals surface area contributed by atoms with Gasteiger partial charge < -0.3 is 10.1 Å². The molecular weight excluding hydrogens is 232 g/mol. The van der Waals surface area contributed by atoms with E-state index >= 15 is 0 Å². The summed E-state index contributed by atoms with van der Waals surface area (Å²) in [4.78, 5) is 25.3. The van der Waals surface area contributed by atoms with Crippen LogP contribution < -0.4 is 15.0 Å². The first-order valence-electron chi connectivity index (χ1n) is 5.72. The fraction of sp³-hybridized carbons (Fsp3) is 0.385. The second-order valence-corrected chi connectivity index (χ2v) is 4.88. The number of benzene rings is 1. The summed E-state index contributed by atoms with van der Waals surface area (Å²) in [6, 6.07) is 6.49. The molecule has 0 aliphatic carbocycles. The highest BCUT2D eigenvalue weighted by atomic mass is 16.5. The first-order valence-corrected chi connectivity index (χ1v) is 5.72. The topological polar surface area (TPSA) is 58.6 Å². The van der Waals surface area contributed by atoms with Gasteiger partial charge in [0.2, 0.25) is 5.91 Å². The van der Waals surface area contributed by atoms with Gasteiger partial charge in [0.15, 0.2) is 0 Å². The summed E-state index contributed by atoms with van der Waals surface area (Å²) < 4.78 is 5.10. The summed E-state index contributed by atoms with van der Waals surface area (Å²) in [5.41, 5.74) is -0.0820. The molecule has 0 bridgehead atoms. The molecule has 96 valence electrons. The molecule has 1 N–H and O–H groups in total. The number of urea groups is 1. The van der Waals surface area contributed by atoms with E-state index < -0.39 is 11.4 Å². The molecule has 2 rings (SSSR count). The lowest BCUT2D eigenvalue weighted by Gasteiger charge is -2.36. The van der Waals surface area contributed by atoms with Gasteiger partial charge in [-0.2, -0.15) is 0 Å². The Hall–Kier alpha value is -2.04. The Bertz CT molecular complexity index is 497. The molecule has 3 amide bonds. The molecule has 1 aliphatic rings. The maximum Gasteiger partial charge on any atom is 0.328 e. The van der Waals surface area contributed by atoms with Crippen LogP contribution in [0.5, 0.6) is 5.75 Å². The molecule has 0 radical (unpaired) electrons. The van der Waals surface area contributed by atoms with E-state index in [1.165, 1.54) is 0 Å². The monoisotopic (exact) mass is 248 g/mol. The van der Waals surface area contributed by atoms with Crippen LogP contribution >= 0.6 is 0 Å². The van der Waals surface area contributed by atoms with Crippen LogP contribution in [0.1, 0.15) is 13.8 Å². The lowest BCUT2D eigenvalue weighted by atomic mass is 9.89. The van der Waals surface area contributed by atoms with Crippen molar-refractivity contribution in [2.45, 2.75) is 13.8 Å². The van der Waals surface area contributed by atoms with Crippen LogP contribution in [0.4, 0.5) is 10.5 Å². The van der Waals surface area contributed by atoms with Crippen LogP contribution in [0.15, 0.2) is 24.3 Å². The SMILES string of the molecule is COc1cccc(N2C(=O)NCC(C)(C)C2=O)c1. The largest absolute Gasteiger partial charge is 0.497 e. The Morgan fingerprint density at radius 2 is 2.06 bits per heavy atom.